The largest absolute Gasteiger partial charge is 0.343 e. The predicted molar refractivity (Wildman–Crippen MR) is 321 cm³/mol. The molecule has 0 radical (unpaired) electrons. The molecule has 0 aliphatic heterocycles. The van der Waals surface area contributed by atoms with Gasteiger partial charge in [-0.3, -0.25) is 29.9 Å². The predicted octanol–water partition coefficient (Wildman–Crippen LogP) is 8.07. The van der Waals surface area contributed by atoms with Gasteiger partial charge in [0.05, 0.1) is 86.0 Å². The first-order chi connectivity index (χ1) is 43.1. The average molecular weight is 1140 g/mol. The van der Waals surface area contributed by atoms with Crippen molar-refractivity contribution < 1.29 is 0 Å². The molecule has 22 aromatic rings. The lowest BCUT2D eigenvalue weighted by molar-refractivity contribution is 1.01. The summed E-state index contributed by atoms with van der Waals surface area (Å²) < 4.78 is 6.36. The minimum Gasteiger partial charge on any atom is -0.343 e. The van der Waals surface area contributed by atoms with Crippen LogP contribution in [0.25, 0.3) is 184 Å². The molecule has 6 N–H and O–H groups in total. The zero-order valence-electron chi connectivity index (χ0n) is 44.1. The van der Waals surface area contributed by atoms with E-state index in [2.05, 4.69) is 151 Å². The fraction of sp³-hybridized carbons (Fsp3) is 0. The van der Waals surface area contributed by atoms with Crippen molar-refractivity contribution in [1.29, 1.82) is 0 Å². The van der Waals surface area contributed by atoms with Crippen LogP contribution < -0.4 is 0 Å². The summed E-state index contributed by atoms with van der Waals surface area (Å²) in [4.78, 5) is 112. The van der Waals surface area contributed by atoms with Crippen molar-refractivity contribution in [3.63, 3.8) is 0 Å². The maximum Gasteiger partial charge on any atom is 0.225 e. The van der Waals surface area contributed by atoms with E-state index in [0.717, 1.165) is 89.2 Å². The molecule has 87 heavy (non-hydrogen) atoms. The lowest BCUT2D eigenvalue weighted by atomic mass is 10.2. The Morgan fingerprint density at radius 3 is 1.07 bits per heavy atom. The van der Waals surface area contributed by atoms with Crippen LogP contribution in [0.2, 0.25) is 0 Å². The summed E-state index contributed by atoms with van der Waals surface area (Å²) >= 11 is 0. The Balaban J connectivity index is 0.0000000869. The van der Waals surface area contributed by atoms with Gasteiger partial charge in [0.25, 0.3) is 0 Å². The van der Waals surface area contributed by atoms with E-state index in [1.165, 1.54) is 12.7 Å². The number of para-hydroxylation sites is 6. The molecule has 0 bridgehead atoms. The molecule has 0 unspecified atom stereocenters. The zero-order chi connectivity index (χ0) is 56.8. The van der Waals surface area contributed by atoms with Crippen LogP contribution in [-0.4, -0.2) is 148 Å². The number of rotatable bonds is 0. The van der Waals surface area contributed by atoms with Crippen LogP contribution in [0, 0.1) is 0 Å². The highest BCUT2D eigenvalue weighted by Gasteiger charge is 2.23. The molecule has 0 amide bonds. The molecule has 0 aliphatic carbocycles. The molecule has 0 saturated carbocycles. The molecule has 408 valence electrons. The molecule has 6 aromatic carbocycles. The van der Waals surface area contributed by atoms with E-state index >= 15 is 0 Å². The lowest BCUT2D eigenvalue weighted by Crippen LogP contribution is -2.03. The monoisotopic (exact) mass is 1130 g/mol. The summed E-state index contributed by atoms with van der Waals surface area (Å²) in [5, 5.41) is 0. The van der Waals surface area contributed by atoms with Gasteiger partial charge in [0.1, 0.15) is 84.4 Å². The van der Waals surface area contributed by atoms with Crippen molar-refractivity contribution in [3.8, 4) is 0 Å². The third-order valence-electron chi connectivity index (χ3n) is 15.1. The average Bonchev–Trinajstić information content (AvgIpc) is 1.64. The van der Waals surface area contributed by atoms with Gasteiger partial charge >= 0.3 is 0 Å². The van der Waals surface area contributed by atoms with Crippen molar-refractivity contribution in [2.75, 3.05) is 0 Å². The number of nitrogens with one attached hydrogen (secondary N) is 6. The minimum atomic E-state index is 0.448. The third-order valence-corrected chi connectivity index (χ3v) is 15.1. The van der Waals surface area contributed by atoms with E-state index < -0.39 is 0 Å². The summed E-state index contributed by atoms with van der Waals surface area (Å²) in [5.41, 5.74) is 22.5. The highest BCUT2D eigenvalue weighted by molar-refractivity contribution is 6.21. The Kier molecular flexibility index (Phi) is 9.33. The van der Waals surface area contributed by atoms with Gasteiger partial charge < -0.3 is 29.9 Å². The first-order valence-electron chi connectivity index (χ1n) is 26.8. The summed E-state index contributed by atoms with van der Waals surface area (Å²) in [6.07, 6.45) is 19.3. The number of benzene rings is 6. The molecule has 0 aliphatic rings. The second kappa shape index (κ2) is 17.6. The fourth-order valence-corrected chi connectivity index (χ4v) is 11.5. The number of imidazole rings is 9. The second-order valence-electron chi connectivity index (χ2n) is 19.9. The standard InChI is InChI=1S/C21H12N6.C15H6N12.C12H6N6.C9H6N6/c1-4-10-16-13(7-1)22-19-25(16)20-23-15-9-3-6-12-18(15)27(20)21-24-14-8-2-5-11-17(14)26(19)21;1-16-10-11(17-1)23-5-4(22-10)6-8(26-14-12(24-6)18-2-20-14)9-7(5)25-13-15(27-9)21-3-19-13;1-2-14-8-7(13-1)9-11(17-4-3-15-9)12-10(8)16-5-6-18-12;1-10-4-5(11-1)7-9(15-3-13-7)8-6(4)12-2-14-8/h1-12H;1-3,22-23H,(H,16,17);1-6H;1-3H,(H,10,11)(H,12,14)(H,13,15). The van der Waals surface area contributed by atoms with Gasteiger partial charge in [-0.2, -0.15) is 0 Å². The van der Waals surface area contributed by atoms with Gasteiger partial charge in [0, 0.05) is 37.2 Å². The van der Waals surface area contributed by atoms with Crippen molar-refractivity contribution >= 4 is 184 Å². The first kappa shape index (κ1) is 46.2. The highest BCUT2D eigenvalue weighted by Crippen LogP contribution is 2.34. The van der Waals surface area contributed by atoms with E-state index in [9.17, 15) is 0 Å². The maximum absolute atomic E-state index is 4.92. The number of aromatic amines is 6. The van der Waals surface area contributed by atoms with Crippen molar-refractivity contribution in [3.05, 3.63) is 148 Å². The van der Waals surface area contributed by atoms with Crippen molar-refractivity contribution in [2.24, 2.45) is 0 Å². The van der Waals surface area contributed by atoms with Crippen LogP contribution in [0.1, 0.15) is 0 Å². The molecular weight excluding hydrogens is 1100 g/mol. The summed E-state index contributed by atoms with van der Waals surface area (Å²) in [6.45, 7) is 0. The van der Waals surface area contributed by atoms with Gasteiger partial charge in [0.2, 0.25) is 17.3 Å². The Hall–Kier alpha value is -13.4. The minimum absolute atomic E-state index is 0.448. The molecule has 0 atom stereocenters. The quantitative estimate of drug-likeness (QED) is 0.0781. The van der Waals surface area contributed by atoms with E-state index in [-0.39, 0.29) is 0 Å². The zero-order valence-corrected chi connectivity index (χ0v) is 44.1. The van der Waals surface area contributed by atoms with Crippen molar-refractivity contribution in [1.82, 2.24) is 148 Å². The van der Waals surface area contributed by atoms with Gasteiger partial charge in [-0.1, -0.05) is 36.4 Å². The Bertz CT molecular complexity index is 5580. The summed E-state index contributed by atoms with van der Waals surface area (Å²) in [7, 11) is 0. The number of nitrogens with zero attached hydrogens (tertiary/aromatic N) is 24. The molecule has 0 fully saturated rings. The third kappa shape index (κ3) is 6.69. The normalized spacial score (nSPS) is 12.1. The van der Waals surface area contributed by atoms with Crippen molar-refractivity contribution in [2.45, 2.75) is 0 Å². The number of hydrogen-bond acceptors (Lipinski definition) is 21. The van der Waals surface area contributed by atoms with E-state index in [1.807, 2.05) is 54.6 Å². The van der Waals surface area contributed by atoms with Gasteiger partial charge in [-0.05, 0) is 36.4 Å². The highest BCUT2D eigenvalue weighted by atomic mass is 15.3. The van der Waals surface area contributed by atoms with Crippen LogP contribution in [0.15, 0.2) is 148 Å². The van der Waals surface area contributed by atoms with Gasteiger partial charge in [-0.15, -0.1) is 0 Å². The lowest BCUT2D eigenvalue weighted by Gasteiger charge is -2.08. The topological polar surface area (TPSA) is 379 Å². The Morgan fingerprint density at radius 1 is 0.264 bits per heavy atom. The Labute approximate surface area is 477 Å². The van der Waals surface area contributed by atoms with Crippen LogP contribution in [0.3, 0.4) is 0 Å². The number of fused-ring (bicyclic) bond motifs is 33. The van der Waals surface area contributed by atoms with Crippen LogP contribution in [-0.2, 0) is 0 Å². The first-order valence-corrected chi connectivity index (χ1v) is 26.8. The smallest absolute Gasteiger partial charge is 0.225 e. The molecule has 30 nitrogen and oxygen atoms in total. The number of aromatic nitrogens is 30. The van der Waals surface area contributed by atoms with E-state index in [4.69, 9.17) is 15.0 Å². The van der Waals surface area contributed by atoms with Crippen LogP contribution >= 0.6 is 0 Å². The molecule has 22 rings (SSSR count). The van der Waals surface area contributed by atoms with Crippen LogP contribution in [0.5, 0.6) is 0 Å². The maximum atomic E-state index is 4.92. The fourth-order valence-electron chi connectivity index (χ4n) is 11.5. The summed E-state index contributed by atoms with van der Waals surface area (Å²) in [5.74, 6) is 2.47. The molecular formula is C57H30N30. The van der Waals surface area contributed by atoms with E-state index in [0.29, 0.717) is 94.4 Å². The van der Waals surface area contributed by atoms with Gasteiger partial charge in [-0.25, -0.2) is 88.0 Å². The molecule has 30 heteroatoms. The van der Waals surface area contributed by atoms with Gasteiger partial charge in [0.15, 0.2) is 33.9 Å². The van der Waals surface area contributed by atoms with Crippen LogP contribution in [0.4, 0.5) is 0 Å². The molecule has 16 heterocycles. The molecule has 0 spiro atoms. The number of H-pyrrole nitrogens is 6. The summed E-state index contributed by atoms with van der Waals surface area (Å²) in [6, 6.07) is 24.5. The number of hydrogen-bond donors (Lipinski definition) is 6. The second-order valence-corrected chi connectivity index (χ2v) is 19.9. The molecule has 0 saturated heterocycles. The molecule has 16 aromatic heterocycles. The Morgan fingerprint density at radius 2 is 0.621 bits per heavy atom. The SMILES string of the molecule is c1ccc2c(c1)nc1n2c2nc3ccccc3n2c2nc3ccccc3n12.c1cnc2c(n1)c1nccnc1c1nccnc21.c1nc2c3nc[nH]c3c3[nH]cnc3c2[nH]1.c1nc2nc3c4nc5ncnc5nc4c4[nH]c5[nH]cnc5[nH]c4c3nc2n1. The van der Waals surface area contributed by atoms with E-state index in [1.54, 1.807) is 62.5 Å².